The Kier molecular flexibility index (Phi) is 3.38. The van der Waals surface area contributed by atoms with E-state index in [1.165, 1.54) is 25.7 Å². The van der Waals surface area contributed by atoms with Crippen LogP contribution in [0.15, 0.2) is 0 Å². The van der Waals surface area contributed by atoms with Gasteiger partial charge in [-0.25, -0.2) is 0 Å². The average molecular weight is 155 g/mol. The third-order valence-electron chi connectivity index (χ3n) is 3.11. The smallest absolute Gasteiger partial charge is 0.00463 e. The lowest BCUT2D eigenvalue weighted by Crippen LogP contribution is -2.25. The van der Waals surface area contributed by atoms with Gasteiger partial charge in [0.15, 0.2) is 0 Å². The van der Waals surface area contributed by atoms with E-state index in [0.29, 0.717) is 0 Å². The van der Waals surface area contributed by atoms with Gasteiger partial charge >= 0.3 is 0 Å². The second-order valence-corrected chi connectivity index (χ2v) is 4.27. The van der Waals surface area contributed by atoms with E-state index in [9.17, 15) is 0 Å². The van der Waals surface area contributed by atoms with Crippen LogP contribution in [0.5, 0.6) is 0 Å². The molecule has 0 aromatic carbocycles. The molecular formula is C10H21N. The second kappa shape index (κ2) is 4.10. The molecule has 0 saturated heterocycles. The van der Waals surface area contributed by atoms with E-state index in [1.807, 2.05) is 0 Å². The molecule has 0 aromatic rings. The molecule has 0 heterocycles. The van der Waals surface area contributed by atoms with Gasteiger partial charge in [0.1, 0.15) is 0 Å². The largest absolute Gasteiger partial charge is 0.330 e. The Hall–Kier alpha value is -0.0400. The van der Waals surface area contributed by atoms with Crippen molar-refractivity contribution < 1.29 is 0 Å². The molecule has 1 aliphatic carbocycles. The summed E-state index contributed by atoms with van der Waals surface area (Å²) in [6, 6.07) is 0. The fraction of sp³-hybridized carbons (Fsp3) is 1.00. The molecule has 1 fully saturated rings. The van der Waals surface area contributed by atoms with Gasteiger partial charge in [-0.05, 0) is 30.7 Å². The number of rotatable bonds is 4. The quantitative estimate of drug-likeness (QED) is 0.663. The monoisotopic (exact) mass is 155 g/mol. The molecule has 1 unspecified atom stereocenters. The first kappa shape index (κ1) is 9.05. The highest BCUT2D eigenvalue weighted by atomic mass is 14.6. The first-order chi connectivity index (χ1) is 5.24. The van der Waals surface area contributed by atoms with Gasteiger partial charge in [-0.15, -0.1) is 0 Å². The Balaban J connectivity index is 2.19. The third-order valence-corrected chi connectivity index (χ3v) is 3.11. The highest BCUT2D eigenvalue weighted by Gasteiger charge is 2.22. The molecule has 1 nitrogen and oxygen atoms in total. The summed E-state index contributed by atoms with van der Waals surface area (Å²) >= 11 is 0. The van der Waals surface area contributed by atoms with E-state index in [-0.39, 0.29) is 0 Å². The fourth-order valence-corrected chi connectivity index (χ4v) is 1.80. The molecule has 2 N–H and O–H groups in total. The standard InChI is InChI=1S/C10H21N/c1-8(2)10(7-11)6-9-4-3-5-9/h8-10H,3-7,11H2,1-2H3. The van der Waals surface area contributed by atoms with E-state index in [0.717, 1.165) is 24.3 Å². The van der Waals surface area contributed by atoms with Crippen LogP contribution in [0.1, 0.15) is 39.5 Å². The van der Waals surface area contributed by atoms with Crippen LogP contribution >= 0.6 is 0 Å². The van der Waals surface area contributed by atoms with Crippen molar-refractivity contribution in [3.05, 3.63) is 0 Å². The summed E-state index contributed by atoms with van der Waals surface area (Å²) in [6.07, 6.45) is 5.76. The van der Waals surface area contributed by atoms with E-state index < -0.39 is 0 Å². The molecule has 11 heavy (non-hydrogen) atoms. The van der Waals surface area contributed by atoms with E-state index >= 15 is 0 Å². The van der Waals surface area contributed by atoms with Crippen molar-refractivity contribution in [2.75, 3.05) is 6.54 Å². The van der Waals surface area contributed by atoms with Gasteiger partial charge in [-0.3, -0.25) is 0 Å². The number of hydrogen-bond donors (Lipinski definition) is 1. The van der Waals surface area contributed by atoms with Crippen molar-refractivity contribution in [2.45, 2.75) is 39.5 Å². The molecule has 1 saturated carbocycles. The summed E-state index contributed by atoms with van der Waals surface area (Å²) in [6.45, 7) is 5.46. The first-order valence-corrected chi connectivity index (χ1v) is 4.94. The molecule has 0 amide bonds. The summed E-state index contributed by atoms with van der Waals surface area (Å²) in [4.78, 5) is 0. The molecule has 0 radical (unpaired) electrons. The molecule has 66 valence electrons. The maximum atomic E-state index is 5.70. The maximum absolute atomic E-state index is 5.70. The number of hydrogen-bond acceptors (Lipinski definition) is 1. The summed E-state index contributed by atoms with van der Waals surface area (Å²) in [5.41, 5.74) is 5.70. The molecule has 0 bridgehead atoms. The van der Waals surface area contributed by atoms with E-state index in [1.54, 1.807) is 0 Å². The second-order valence-electron chi connectivity index (χ2n) is 4.27. The highest BCUT2D eigenvalue weighted by Crippen LogP contribution is 2.33. The van der Waals surface area contributed by atoms with Gasteiger partial charge in [0, 0.05) is 0 Å². The molecule has 1 heteroatoms. The molecule has 0 aliphatic heterocycles. The van der Waals surface area contributed by atoms with E-state index in [4.69, 9.17) is 5.73 Å². The van der Waals surface area contributed by atoms with Gasteiger partial charge in [-0.1, -0.05) is 33.1 Å². The average Bonchev–Trinajstić information content (AvgIpc) is 1.85. The number of nitrogens with two attached hydrogens (primary N) is 1. The summed E-state index contributed by atoms with van der Waals surface area (Å²) in [5, 5.41) is 0. The van der Waals surface area contributed by atoms with Crippen LogP contribution in [0.2, 0.25) is 0 Å². The lowest BCUT2D eigenvalue weighted by atomic mass is 9.76. The zero-order valence-corrected chi connectivity index (χ0v) is 7.84. The minimum atomic E-state index is 0.778. The van der Waals surface area contributed by atoms with Crippen LogP contribution in [0, 0.1) is 17.8 Å². The zero-order chi connectivity index (χ0) is 8.27. The Bertz CT molecular complexity index is 105. The van der Waals surface area contributed by atoms with Crippen LogP contribution in [-0.2, 0) is 0 Å². The van der Waals surface area contributed by atoms with Crippen LogP contribution in [0.4, 0.5) is 0 Å². The lowest BCUT2D eigenvalue weighted by Gasteiger charge is -2.30. The summed E-state index contributed by atoms with van der Waals surface area (Å²) < 4.78 is 0. The van der Waals surface area contributed by atoms with Gasteiger partial charge in [0.25, 0.3) is 0 Å². The molecule has 1 atom stereocenters. The van der Waals surface area contributed by atoms with Crippen molar-refractivity contribution in [1.29, 1.82) is 0 Å². The van der Waals surface area contributed by atoms with Crippen molar-refractivity contribution in [3.63, 3.8) is 0 Å². The van der Waals surface area contributed by atoms with Gasteiger partial charge in [0.2, 0.25) is 0 Å². The molecule has 1 aliphatic rings. The minimum Gasteiger partial charge on any atom is -0.330 e. The Morgan fingerprint density at radius 2 is 2.00 bits per heavy atom. The first-order valence-electron chi connectivity index (χ1n) is 4.94. The zero-order valence-electron chi connectivity index (χ0n) is 7.84. The Labute approximate surface area is 70.4 Å². The van der Waals surface area contributed by atoms with Crippen molar-refractivity contribution in [2.24, 2.45) is 23.5 Å². The van der Waals surface area contributed by atoms with Crippen LogP contribution in [-0.4, -0.2) is 6.54 Å². The van der Waals surface area contributed by atoms with Crippen LogP contribution < -0.4 is 5.73 Å². The molecular weight excluding hydrogens is 134 g/mol. The normalized spacial score (nSPS) is 21.8. The minimum absolute atomic E-state index is 0.778. The molecule has 0 spiro atoms. The van der Waals surface area contributed by atoms with Crippen molar-refractivity contribution in [3.8, 4) is 0 Å². The molecule has 1 rings (SSSR count). The van der Waals surface area contributed by atoms with Crippen molar-refractivity contribution >= 4 is 0 Å². The predicted octanol–water partition coefficient (Wildman–Crippen LogP) is 2.41. The molecule has 0 aromatic heterocycles. The third kappa shape index (κ3) is 2.48. The maximum Gasteiger partial charge on any atom is -0.00463 e. The summed E-state index contributed by atoms with van der Waals surface area (Å²) in [5.74, 6) is 2.58. The SMILES string of the molecule is CC(C)C(CN)CC1CCC1. The van der Waals surface area contributed by atoms with Crippen molar-refractivity contribution in [1.82, 2.24) is 0 Å². The Morgan fingerprint density at radius 3 is 2.27 bits per heavy atom. The van der Waals surface area contributed by atoms with Gasteiger partial charge < -0.3 is 5.73 Å². The van der Waals surface area contributed by atoms with Crippen LogP contribution in [0.25, 0.3) is 0 Å². The fourth-order valence-electron chi connectivity index (χ4n) is 1.80. The van der Waals surface area contributed by atoms with Crippen LogP contribution in [0.3, 0.4) is 0 Å². The summed E-state index contributed by atoms with van der Waals surface area (Å²) in [7, 11) is 0. The van der Waals surface area contributed by atoms with Gasteiger partial charge in [-0.2, -0.15) is 0 Å². The predicted molar refractivity (Wildman–Crippen MR) is 49.3 cm³/mol. The van der Waals surface area contributed by atoms with Gasteiger partial charge in [0.05, 0.1) is 0 Å². The lowest BCUT2D eigenvalue weighted by molar-refractivity contribution is 0.220. The van der Waals surface area contributed by atoms with E-state index in [2.05, 4.69) is 13.8 Å². The highest BCUT2D eigenvalue weighted by molar-refractivity contribution is 4.75. The topological polar surface area (TPSA) is 26.0 Å². The Morgan fingerprint density at radius 1 is 1.36 bits per heavy atom.